The molecule has 3 nitrogen and oxygen atoms in total. The normalized spacial score (nSPS) is 12.1. The van der Waals surface area contributed by atoms with Gasteiger partial charge in [-0.05, 0) is 0 Å². The van der Waals surface area contributed by atoms with E-state index in [1.165, 1.54) is 6.07 Å². The van der Waals surface area contributed by atoms with Gasteiger partial charge in [-0.1, -0.05) is 0 Å². The Kier molecular flexibility index (Phi) is 3.51. The predicted molar refractivity (Wildman–Crippen MR) is 75.1 cm³/mol. The molecular weight excluding hydrogens is 332 g/mol. The number of anilines is 1. The van der Waals surface area contributed by atoms with E-state index in [2.05, 4.69) is 13.2 Å². The van der Waals surface area contributed by atoms with Crippen molar-refractivity contribution < 1.29 is 4.39 Å². The summed E-state index contributed by atoms with van der Waals surface area (Å²) in [6, 6.07) is 10.4. The molecule has 6 heteroatoms. The summed E-state index contributed by atoms with van der Waals surface area (Å²) in [6.07, 6.45) is 0. The van der Waals surface area contributed by atoms with Crippen molar-refractivity contribution in [2.24, 2.45) is 7.92 Å². The number of halogens is 2. The van der Waals surface area contributed by atoms with Crippen molar-refractivity contribution in [3.05, 3.63) is 52.8 Å². The Morgan fingerprint density at radius 1 is 1.21 bits per heavy atom. The molecule has 0 atom stereocenters. The molecule has 0 aromatic heterocycles. The van der Waals surface area contributed by atoms with E-state index in [9.17, 15) is 4.39 Å². The summed E-state index contributed by atoms with van der Waals surface area (Å²) in [6.45, 7) is 0.391. The van der Waals surface area contributed by atoms with E-state index < -0.39 is 0 Å². The van der Waals surface area contributed by atoms with Crippen molar-refractivity contribution in [1.82, 2.24) is 0 Å². The summed E-state index contributed by atoms with van der Waals surface area (Å²) in [5, 5.41) is 3.60. The molecule has 0 radical (unpaired) electrons. The van der Waals surface area contributed by atoms with Gasteiger partial charge in [0.2, 0.25) is 0 Å². The van der Waals surface area contributed by atoms with E-state index in [1.54, 1.807) is 12.1 Å². The van der Waals surface area contributed by atoms with Gasteiger partial charge in [-0.25, -0.2) is 0 Å². The van der Waals surface area contributed by atoms with Crippen LogP contribution in [0.2, 0.25) is 5.02 Å². The molecule has 1 aliphatic rings. The number of nitrogens with zero attached hydrogens (tertiary/aromatic N) is 2. The number of benzene rings is 2. The second-order valence-electron chi connectivity index (χ2n) is 4.03. The van der Waals surface area contributed by atoms with E-state index >= 15 is 0 Å². The quantitative estimate of drug-likeness (QED) is 0.703. The first-order chi connectivity index (χ1) is 9.24. The van der Waals surface area contributed by atoms with Gasteiger partial charge < -0.3 is 0 Å². The molecule has 19 heavy (non-hydrogen) atoms. The van der Waals surface area contributed by atoms with E-state index in [4.69, 9.17) is 11.6 Å². The van der Waals surface area contributed by atoms with E-state index in [0.717, 1.165) is 17.1 Å². The monoisotopic (exact) mass is 341 g/mol. The summed E-state index contributed by atoms with van der Waals surface area (Å²) < 4.78 is 22.3. The molecule has 1 heterocycles. The van der Waals surface area contributed by atoms with Crippen LogP contribution < -0.4 is 5.32 Å². The standard InChI is InChI=1S/C13H9ClFN3Se/c14-9-5-4-8(10(15)6-9)7-16-11-2-1-3-12-13(11)18-19-17-12/h1-6,16H,7H2. The Labute approximate surface area is 120 Å². The van der Waals surface area contributed by atoms with Gasteiger partial charge in [0.1, 0.15) is 0 Å². The maximum atomic E-state index is 13.7. The van der Waals surface area contributed by atoms with Crippen LogP contribution in [0.5, 0.6) is 0 Å². The minimum atomic E-state index is -0.307. The Morgan fingerprint density at radius 3 is 2.95 bits per heavy atom. The number of nitrogens with one attached hydrogen (secondary N) is 1. The Hall–Kier alpha value is -1.42. The fourth-order valence-electron chi connectivity index (χ4n) is 1.80. The van der Waals surface area contributed by atoms with E-state index in [1.807, 2.05) is 18.2 Å². The summed E-state index contributed by atoms with van der Waals surface area (Å²) in [5.74, 6) is -0.307. The van der Waals surface area contributed by atoms with Gasteiger partial charge in [0, 0.05) is 0 Å². The van der Waals surface area contributed by atoms with Gasteiger partial charge in [0.25, 0.3) is 0 Å². The minimum absolute atomic E-state index is 0.0639. The number of rotatable bonds is 3. The Balaban J connectivity index is 1.80. The van der Waals surface area contributed by atoms with Gasteiger partial charge in [-0.15, -0.1) is 0 Å². The first kappa shape index (κ1) is 12.6. The SMILES string of the molecule is Fc1cc(Cl)ccc1CNc1cccc2c1N=[Se]=N2. The van der Waals surface area contributed by atoms with Crippen LogP contribution in [-0.4, -0.2) is 14.6 Å². The summed E-state index contributed by atoms with van der Waals surface area (Å²) in [5.41, 5.74) is 3.23. The Morgan fingerprint density at radius 2 is 2.11 bits per heavy atom. The van der Waals surface area contributed by atoms with Crippen molar-refractivity contribution in [2.75, 3.05) is 5.32 Å². The summed E-state index contributed by atoms with van der Waals surface area (Å²) in [4.78, 5) is 0. The first-order valence-corrected chi connectivity index (χ1v) is 7.54. The number of hydrogen-bond donors (Lipinski definition) is 1. The molecular formula is C13H9ClFN3Se. The molecule has 0 bridgehead atoms. The van der Waals surface area contributed by atoms with Crippen molar-refractivity contribution >= 4 is 43.2 Å². The van der Waals surface area contributed by atoms with Crippen molar-refractivity contribution in [3.8, 4) is 0 Å². The van der Waals surface area contributed by atoms with Crippen LogP contribution in [0.4, 0.5) is 21.5 Å². The second-order valence-corrected chi connectivity index (χ2v) is 5.57. The molecule has 2 aromatic rings. The predicted octanol–water partition coefficient (Wildman–Crippen LogP) is 4.44. The third-order valence-corrected chi connectivity index (χ3v) is 4.14. The zero-order valence-electron chi connectivity index (χ0n) is 9.73. The van der Waals surface area contributed by atoms with Crippen LogP contribution in [0.15, 0.2) is 44.3 Å². The zero-order chi connectivity index (χ0) is 13.2. The van der Waals surface area contributed by atoms with Crippen LogP contribution in [0, 0.1) is 5.82 Å². The summed E-state index contributed by atoms with van der Waals surface area (Å²) in [7, 11) is 0. The molecule has 1 aliphatic heterocycles. The molecule has 0 aliphatic carbocycles. The Bertz CT molecular complexity index is 711. The van der Waals surface area contributed by atoms with Crippen LogP contribution >= 0.6 is 11.6 Å². The first-order valence-electron chi connectivity index (χ1n) is 5.63. The zero-order valence-corrected chi connectivity index (χ0v) is 12.2. The summed E-state index contributed by atoms with van der Waals surface area (Å²) >= 11 is 5.66. The van der Waals surface area contributed by atoms with E-state index in [0.29, 0.717) is 17.1 Å². The van der Waals surface area contributed by atoms with E-state index in [-0.39, 0.29) is 20.4 Å². The molecule has 0 saturated heterocycles. The number of hydrogen-bond acceptors (Lipinski definition) is 3. The van der Waals surface area contributed by atoms with Crippen molar-refractivity contribution in [1.29, 1.82) is 0 Å². The molecule has 0 fully saturated rings. The van der Waals surface area contributed by atoms with Gasteiger partial charge in [0.15, 0.2) is 0 Å². The van der Waals surface area contributed by atoms with Gasteiger partial charge in [-0.3, -0.25) is 0 Å². The molecule has 2 aromatic carbocycles. The molecule has 0 unspecified atom stereocenters. The topological polar surface area (TPSA) is 36.8 Å². The van der Waals surface area contributed by atoms with Crippen LogP contribution in [0.25, 0.3) is 0 Å². The maximum absolute atomic E-state index is 13.7. The third kappa shape index (κ3) is 2.63. The molecule has 1 N–H and O–H groups in total. The fraction of sp³-hybridized carbons (Fsp3) is 0.0769. The molecule has 0 saturated carbocycles. The van der Waals surface area contributed by atoms with Gasteiger partial charge >= 0.3 is 120 Å². The average molecular weight is 341 g/mol. The molecule has 0 amide bonds. The average Bonchev–Trinajstić information content (AvgIpc) is 2.86. The number of fused-ring (bicyclic) bond motifs is 1. The second kappa shape index (κ2) is 5.29. The van der Waals surface area contributed by atoms with Crippen molar-refractivity contribution in [2.45, 2.75) is 6.54 Å². The van der Waals surface area contributed by atoms with Crippen molar-refractivity contribution in [3.63, 3.8) is 0 Å². The van der Waals surface area contributed by atoms with Crippen LogP contribution in [0.3, 0.4) is 0 Å². The van der Waals surface area contributed by atoms with Gasteiger partial charge in [-0.2, -0.15) is 0 Å². The fourth-order valence-corrected chi connectivity index (χ4v) is 3.12. The molecule has 96 valence electrons. The van der Waals surface area contributed by atoms with Crippen LogP contribution in [0.1, 0.15) is 5.56 Å². The third-order valence-electron chi connectivity index (χ3n) is 2.77. The molecule has 0 spiro atoms. The van der Waals surface area contributed by atoms with Gasteiger partial charge in [0.05, 0.1) is 0 Å². The van der Waals surface area contributed by atoms with Crippen LogP contribution in [-0.2, 0) is 6.54 Å². The molecule has 3 rings (SSSR count).